The Morgan fingerprint density at radius 2 is 1.88 bits per heavy atom. The summed E-state index contributed by atoms with van der Waals surface area (Å²) in [6, 6.07) is 0. The minimum atomic E-state index is -2.14. The average molecular weight is 457 g/mol. The predicted molar refractivity (Wildman–Crippen MR) is 109 cm³/mol. The Labute approximate surface area is 187 Å². The number of halogens is 2. The van der Waals surface area contributed by atoms with Gasteiger partial charge >= 0.3 is 5.97 Å². The van der Waals surface area contributed by atoms with Crippen LogP contribution in [-0.4, -0.2) is 52.0 Å². The van der Waals surface area contributed by atoms with Crippen molar-refractivity contribution >= 4 is 11.8 Å². The summed E-state index contributed by atoms with van der Waals surface area (Å²) in [5.41, 5.74) is -4.29. The second-order valence-corrected chi connectivity index (χ2v) is 11.5. The van der Waals surface area contributed by atoms with Crippen LogP contribution in [0.2, 0.25) is 0 Å². The van der Waals surface area contributed by atoms with Gasteiger partial charge in [0.25, 0.3) is 0 Å². The molecule has 5 aliphatic rings. The van der Waals surface area contributed by atoms with Crippen molar-refractivity contribution in [3.63, 3.8) is 0 Å². The molecule has 5 rings (SSSR count). The van der Waals surface area contributed by atoms with Gasteiger partial charge in [0.05, 0.1) is 12.0 Å². The van der Waals surface area contributed by atoms with Gasteiger partial charge in [-0.2, -0.15) is 0 Å². The Morgan fingerprint density at radius 3 is 2.50 bits per heavy atom. The number of hydrogen-bond acceptors (Lipinski definition) is 5. The van der Waals surface area contributed by atoms with Crippen LogP contribution in [0.3, 0.4) is 0 Å². The maximum absolute atomic E-state index is 17.3. The summed E-state index contributed by atoms with van der Waals surface area (Å²) in [4.78, 5) is 24.8. The van der Waals surface area contributed by atoms with E-state index in [1.54, 1.807) is 6.92 Å². The van der Waals surface area contributed by atoms with Crippen LogP contribution in [-0.2, 0) is 19.1 Å². The first-order valence-electron chi connectivity index (χ1n) is 12.1. The fraction of sp³-hybridized carbons (Fsp3) is 0.917. The molecular weight excluding hydrogens is 422 g/mol. The van der Waals surface area contributed by atoms with E-state index in [0.29, 0.717) is 19.3 Å². The second-order valence-electron chi connectivity index (χ2n) is 11.5. The molecule has 8 heteroatoms. The minimum Gasteiger partial charge on any atom is -0.481 e. The number of carboxylic acid groups (broad SMARTS) is 1. The number of carbonyl (C=O) groups excluding carboxylic acids is 1. The van der Waals surface area contributed by atoms with E-state index >= 15 is 8.78 Å². The van der Waals surface area contributed by atoms with Crippen LogP contribution >= 0.6 is 0 Å². The van der Waals surface area contributed by atoms with Crippen molar-refractivity contribution in [2.24, 2.45) is 34.5 Å². The molecule has 0 aromatic rings. The van der Waals surface area contributed by atoms with Crippen LogP contribution < -0.4 is 0 Å². The van der Waals surface area contributed by atoms with Crippen molar-refractivity contribution in [1.29, 1.82) is 0 Å². The van der Waals surface area contributed by atoms with Crippen LogP contribution in [0.4, 0.5) is 8.78 Å². The van der Waals surface area contributed by atoms with E-state index in [1.165, 1.54) is 0 Å². The van der Waals surface area contributed by atoms with Gasteiger partial charge in [0, 0.05) is 30.1 Å². The molecule has 5 fully saturated rings. The highest BCUT2D eigenvalue weighted by molar-refractivity contribution is 5.88. The lowest BCUT2D eigenvalue weighted by Gasteiger charge is -2.67. The summed E-state index contributed by atoms with van der Waals surface area (Å²) in [6.07, 6.45) is -1.43. The van der Waals surface area contributed by atoms with Crippen molar-refractivity contribution in [1.82, 2.24) is 0 Å². The van der Waals surface area contributed by atoms with Gasteiger partial charge in [-0.3, -0.25) is 9.59 Å². The molecule has 1 saturated heterocycles. The van der Waals surface area contributed by atoms with Crippen molar-refractivity contribution in [2.45, 2.75) is 102 Å². The number of carboxylic acids is 1. The number of fused-ring (bicyclic) bond motifs is 5. The molecule has 0 aromatic heterocycles. The maximum atomic E-state index is 17.3. The van der Waals surface area contributed by atoms with Crippen LogP contribution in [0.15, 0.2) is 0 Å². The number of ketones is 1. The van der Waals surface area contributed by atoms with Gasteiger partial charge in [0.2, 0.25) is 5.79 Å². The smallest absolute Gasteiger partial charge is 0.307 e. The van der Waals surface area contributed by atoms with Crippen molar-refractivity contribution < 1.29 is 38.1 Å². The van der Waals surface area contributed by atoms with E-state index in [4.69, 9.17) is 9.47 Å². The molecule has 0 amide bonds. The first kappa shape index (κ1) is 22.7. The lowest BCUT2D eigenvalue weighted by atomic mass is 9.41. The zero-order valence-corrected chi connectivity index (χ0v) is 19.0. The lowest BCUT2D eigenvalue weighted by molar-refractivity contribution is -0.449. The van der Waals surface area contributed by atoms with Gasteiger partial charge in [-0.1, -0.05) is 27.2 Å². The Kier molecular flexibility index (Phi) is 4.92. The highest BCUT2D eigenvalue weighted by atomic mass is 19.1. The Hall–Kier alpha value is -1.12. The first-order chi connectivity index (χ1) is 14.9. The molecule has 0 radical (unpaired) electrons. The highest BCUT2D eigenvalue weighted by Crippen LogP contribution is 2.71. The van der Waals surface area contributed by atoms with Crippen LogP contribution in [0, 0.1) is 34.5 Å². The number of aliphatic carboxylic acids is 1. The van der Waals surface area contributed by atoms with E-state index in [9.17, 15) is 19.8 Å². The minimum absolute atomic E-state index is 0.0159. The number of alkyl halides is 2. The summed E-state index contributed by atoms with van der Waals surface area (Å²) in [5.74, 6) is -5.54. The number of aliphatic hydroxyl groups is 1. The van der Waals surface area contributed by atoms with Crippen molar-refractivity contribution in [2.75, 3.05) is 0 Å². The summed E-state index contributed by atoms with van der Waals surface area (Å²) in [5, 5.41) is 21.0. The van der Waals surface area contributed by atoms with E-state index in [-0.39, 0.29) is 37.4 Å². The van der Waals surface area contributed by atoms with Gasteiger partial charge in [-0.15, -0.1) is 0 Å². The number of hydrogen-bond donors (Lipinski definition) is 2. The van der Waals surface area contributed by atoms with Crippen molar-refractivity contribution in [3.05, 3.63) is 0 Å². The van der Waals surface area contributed by atoms with Crippen LogP contribution in [0.1, 0.15) is 72.1 Å². The Balaban J connectivity index is 1.53. The molecule has 0 bridgehead atoms. The number of ether oxygens (including phenoxy) is 2. The summed E-state index contributed by atoms with van der Waals surface area (Å²) in [6.45, 7) is 5.42. The Morgan fingerprint density at radius 1 is 1.19 bits per heavy atom. The van der Waals surface area contributed by atoms with E-state index in [0.717, 1.165) is 6.42 Å². The molecule has 1 unspecified atom stereocenters. The summed E-state index contributed by atoms with van der Waals surface area (Å²) >= 11 is 0. The Bertz CT molecular complexity index is 829. The normalized spacial score (nSPS) is 56.8. The zero-order valence-electron chi connectivity index (χ0n) is 19.0. The molecule has 1 spiro atoms. The molecule has 1 heterocycles. The lowest BCUT2D eigenvalue weighted by Crippen LogP contribution is -2.75. The third-order valence-electron chi connectivity index (χ3n) is 10.1. The number of rotatable bonds is 3. The van der Waals surface area contributed by atoms with Gasteiger partial charge < -0.3 is 19.7 Å². The quantitative estimate of drug-likeness (QED) is 0.671. The molecule has 2 N–H and O–H groups in total. The number of carbonyl (C=O) groups is 2. The molecule has 6 nitrogen and oxygen atoms in total. The topological polar surface area (TPSA) is 93.1 Å². The molecule has 4 aliphatic carbocycles. The monoisotopic (exact) mass is 456 g/mol. The SMILES string of the molecule is CCCC1OC2(C[C@@]3(C)C(CC2=O)[C@@H](F)C[C@H]2[C@@H]4CC[C@H](C(=O)O)[C@@]4(C)C[C@H](O)[C@@]23F)O1. The summed E-state index contributed by atoms with van der Waals surface area (Å²) in [7, 11) is 0. The van der Waals surface area contributed by atoms with Gasteiger partial charge in [-0.05, 0) is 43.4 Å². The highest BCUT2D eigenvalue weighted by Gasteiger charge is 2.77. The van der Waals surface area contributed by atoms with E-state index in [1.807, 2.05) is 13.8 Å². The van der Waals surface area contributed by atoms with Gasteiger partial charge in [0.1, 0.15) is 11.8 Å². The summed E-state index contributed by atoms with van der Waals surface area (Å²) < 4.78 is 44.7. The van der Waals surface area contributed by atoms with Gasteiger partial charge in [-0.25, -0.2) is 8.78 Å². The fourth-order valence-electron chi connectivity index (χ4n) is 8.52. The fourth-order valence-corrected chi connectivity index (χ4v) is 8.52. The van der Waals surface area contributed by atoms with Crippen LogP contribution in [0.25, 0.3) is 0 Å². The first-order valence-corrected chi connectivity index (χ1v) is 12.1. The third-order valence-corrected chi connectivity index (χ3v) is 10.1. The molecule has 1 aliphatic heterocycles. The van der Waals surface area contributed by atoms with E-state index in [2.05, 4.69) is 0 Å². The number of Topliss-reactive ketones (excluding diaryl/α,β-unsaturated/α-hetero) is 1. The predicted octanol–water partition coefficient (Wildman–Crippen LogP) is 3.79. The van der Waals surface area contributed by atoms with Crippen molar-refractivity contribution in [3.8, 4) is 0 Å². The second kappa shape index (κ2) is 6.95. The molecular formula is C24H34F2O6. The standard InChI is InChI=1S/C24H34F2O6/c1-4-5-19-31-23(32-19)11-22(3)15(9-17(23)27)16(25)8-14-12-6-7-13(20(29)30)21(12,2)10-18(28)24(14,22)26/h12-16,18-19,28H,4-11H2,1-3H3,(H,29,30)/t12-,13+,14-,15?,16-,18-,19?,21-,22-,23?,24-/m0/s1. The third kappa shape index (κ3) is 2.60. The molecule has 32 heavy (non-hydrogen) atoms. The maximum Gasteiger partial charge on any atom is 0.307 e. The zero-order chi connectivity index (χ0) is 23.3. The molecule has 180 valence electrons. The molecule has 4 saturated carbocycles. The largest absolute Gasteiger partial charge is 0.481 e. The number of aliphatic hydroxyl groups excluding tert-OH is 1. The average Bonchev–Trinajstić information content (AvgIpc) is 3.02. The van der Waals surface area contributed by atoms with E-state index < -0.39 is 64.6 Å². The molecule has 0 aromatic carbocycles. The van der Waals surface area contributed by atoms with Gasteiger partial charge in [0.15, 0.2) is 12.1 Å². The molecule has 9 atom stereocenters. The van der Waals surface area contributed by atoms with Crippen LogP contribution in [0.5, 0.6) is 0 Å².